The van der Waals surface area contributed by atoms with Crippen LogP contribution in [0.5, 0.6) is 5.75 Å². The van der Waals surface area contributed by atoms with Gasteiger partial charge in [-0.1, -0.05) is 140 Å². The number of halogens is 2. The Balaban J connectivity index is 0.729. The van der Waals surface area contributed by atoms with Gasteiger partial charge in [0.15, 0.2) is 6.61 Å². The number of unbranched alkanes of at least 4 members (excludes halogenated alkanes) is 6. The van der Waals surface area contributed by atoms with Crippen molar-refractivity contribution < 1.29 is 71.3 Å². The summed E-state index contributed by atoms with van der Waals surface area (Å²) in [6, 6.07) is 22.7. The number of thiophene rings is 1. The van der Waals surface area contributed by atoms with E-state index in [1.807, 2.05) is 95.3 Å². The summed E-state index contributed by atoms with van der Waals surface area (Å²) in [5.74, 6) is -2.58. The molecule has 7 N–H and O–H groups in total. The Bertz CT molecular complexity index is 3850. The summed E-state index contributed by atoms with van der Waals surface area (Å²) in [4.78, 5) is 127. The number of aromatic nitrogens is 1. The summed E-state index contributed by atoms with van der Waals surface area (Å²) in [6.45, 7) is 15.5. The zero-order valence-corrected chi connectivity index (χ0v) is 58.6. The lowest BCUT2D eigenvalue weighted by Gasteiger charge is -2.43. The van der Waals surface area contributed by atoms with Crippen LogP contribution in [0.1, 0.15) is 162 Å². The van der Waals surface area contributed by atoms with E-state index >= 15 is 4.79 Å². The van der Waals surface area contributed by atoms with Crippen molar-refractivity contribution in [1.82, 2.24) is 41.0 Å². The Labute approximate surface area is 572 Å². The third-order valence-corrected chi connectivity index (χ3v) is 21.2. The number of carbonyl (C=O) groups is 7. The van der Waals surface area contributed by atoms with E-state index in [0.29, 0.717) is 29.0 Å². The van der Waals surface area contributed by atoms with Crippen molar-refractivity contribution in [1.29, 1.82) is 0 Å². The highest BCUT2D eigenvalue weighted by Gasteiger charge is 2.51. The highest BCUT2D eigenvalue weighted by molar-refractivity contribution is 7.52. The van der Waals surface area contributed by atoms with E-state index in [1.54, 1.807) is 54.7 Å². The van der Waals surface area contributed by atoms with E-state index in [4.69, 9.17) is 9.47 Å². The molecule has 2 fully saturated rings. The van der Waals surface area contributed by atoms with Crippen LogP contribution in [0.3, 0.4) is 0 Å². The van der Waals surface area contributed by atoms with E-state index in [1.165, 1.54) is 21.9 Å². The average molecular weight is 1400 g/mol. The minimum atomic E-state index is -5.87. The summed E-state index contributed by atoms with van der Waals surface area (Å²) in [7, 11) is -5.87. The van der Waals surface area contributed by atoms with Gasteiger partial charge in [0.2, 0.25) is 29.5 Å². The van der Waals surface area contributed by atoms with Crippen molar-refractivity contribution in [3.8, 4) is 16.2 Å². The number of hydrogen-bond acceptors (Lipinski definition) is 14. The Morgan fingerprint density at radius 1 is 0.763 bits per heavy atom. The number of nitrogens with one attached hydrogen (secondary N) is 4. The van der Waals surface area contributed by atoms with Crippen LogP contribution in [-0.2, 0) is 56.7 Å². The molecule has 522 valence electrons. The maximum atomic E-state index is 15.2. The number of aliphatic hydroxyl groups is 1. The second-order valence-corrected chi connectivity index (χ2v) is 31.2. The summed E-state index contributed by atoms with van der Waals surface area (Å²) in [5.41, 5.74) is 0.0101. The minimum Gasteiger partial charge on any atom is -0.484 e. The Morgan fingerprint density at radius 3 is 2.10 bits per heavy atom. The third kappa shape index (κ3) is 18.4. The lowest BCUT2D eigenvalue weighted by molar-refractivity contribution is -0.153. The molecule has 0 bridgehead atoms. The molecule has 3 aliphatic heterocycles. The molecule has 7 amide bonds. The van der Waals surface area contributed by atoms with E-state index in [2.05, 4.69) is 26.3 Å². The number of likely N-dealkylation sites (tertiary alicyclic amines) is 1. The first-order valence-electron chi connectivity index (χ1n) is 33.0. The molecule has 2 saturated heterocycles. The number of hydrogen-bond donors (Lipinski definition) is 7. The number of morpholine rings is 1. The van der Waals surface area contributed by atoms with Crippen LogP contribution in [-0.4, -0.2) is 146 Å². The first-order valence-corrected chi connectivity index (χ1v) is 36.3. The van der Waals surface area contributed by atoms with Gasteiger partial charge in [-0.25, -0.2) is 4.98 Å². The standard InChI is InChI=1S/C71H89F2N8O13PS2/c1-43(45-22-24-47(25-23-45)61-44(2)75-42-96-61)76-64(85)54-37-52(82)39-81(54)67(88)62(69(3,4)5)77-59(83)21-17-12-10-9-11-13-18-30-74-60(84)41-94-53-28-26-48-35-55(66(87)79-31-32-93-56(40-79)46-19-15-14-16-20-46)80(38-50(48)34-53)68(89)63(70(6,7)8)78-65(86)58-36-49-33-51(27-29-57(49)97-58)71(72,73)95(90,91)92/h14-16,19-20,22-29,33-34,36,42-43,52,54-56,62-63,82H,9-13,17-18,21,30-32,35,37-41H2,1-8H3,(H,74,84)(H,76,85)(H,77,83)(H,78,86)(H2,90,91,92)/t43-,52+,54-,55-,56-,62+,63+/m0/s1. The molecule has 26 heteroatoms. The summed E-state index contributed by atoms with van der Waals surface area (Å²) >= 11 is 2.51. The summed E-state index contributed by atoms with van der Waals surface area (Å²) < 4.78 is 53.5. The molecular formula is C71H89F2N8O13PS2. The molecule has 4 aromatic carbocycles. The van der Waals surface area contributed by atoms with Gasteiger partial charge >= 0.3 is 13.3 Å². The fourth-order valence-corrected chi connectivity index (χ4v) is 14.8. The number of thiazole rings is 1. The van der Waals surface area contributed by atoms with Gasteiger partial charge in [0.1, 0.15) is 36.0 Å². The van der Waals surface area contributed by atoms with Crippen molar-refractivity contribution in [2.45, 2.75) is 174 Å². The highest BCUT2D eigenvalue weighted by atomic mass is 32.1. The molecule has 0 spiro atoms. The van der Waals surface area contributed by atoms with Crippen LogP contribution >= 0.6 is 30.3 Å². The largest absolute Gasteiger partial charge is 0.484 e. The van der Waals surface area contributed by atoms with Crippen LogP contribution in [0.25, 0.3) is 20.5 Å². The van der Waals surface area contributed by atoms with Gasteiger partial charge in [-0.3, -0.25) is 38.1 Å². The van der Waals surface area contributed by atoms with Crippen molar-refractivity contribution in [3.63, 3.8) is 0 Å². The highest BCUT2D eigenvalue weighted by Crippen LogP contribution is 2.59. The van der Waals surface area contributed by atoms with Crippen LogP contribution in [0.2, 0.25) is 0 Å². The number of fused-ring (bicyclic) bond motifs is 2. The zero-order valence-electron chi connectivity index (χ0n) is 56.1. The van der Waals surface area contributed by atoms with E-state index < -0.39 is 83.7 Å². The van der Waals surface area contributed by atoms with Crippen LogP contribution in [0.15, 0.2) is 103 Å². The number of benzene rings is 4. The summed E-state index contributed by atoms with van der Waals surface area (Å²) in [5, 5.41) is 22.6. The number of aliphatic hydroxyl groups excluding tert-OH is 1. The fraction of sp³-hybridized carbons (Fsp3) is 0.493. The molecule has 2 aromatic heterocycles. The number of rotatable bonds is 26. The quantitative estimate of drug-likeness (QED) is 0.0196. The predicted molar refractivity (Wildman–Crippen MR) is 366 cm³/mol. The zero-order chi connectivity index (χ0) is 70.1. The number of aryl methyl sites for hydroxylation is 1. The average Bonchev–Trinajstić information content (AvgIpc) is 1.00. The summed E-state index contributed by atoms with van der Waals surface area (Å²) in [6.07, 6.45) is 4.90. The van der Waals surface area contributed by atoms with Crippen LogP contribution in [0.4, 0.5) is 8.78 Å². The first-order chi connectivity index (χ1) is 45.9. The topological polar surface area (TPSA) is 286 Å². The lowest BCUT2D eigenvalue weighted by atomic mass is 9.84. The van der Waals surface area contributed by atoms with Crippen molar-refractivity contribution in [2.24, 2.45) is 10.8 Å². The number of nitrogens with zero attached hydrogens (tertiary/aromatic N) is 4. The fourth-order valence-electron chi connectivity index (χ4n) is 12.5. The van der Waals surface area contributed by atoms with Crippen molar-refractivity contribution >= 4 is 81.7 Å². The molecule has 0 saturated carbocycles. The Morgan fingerprint density at radius 2 is 1.43 bits per heavy atom. The van der Waals surface area contributed by atoms with E-state index in [9.17, 15) is 57.0 Å². The lowest BCUT2D eigenvalue weighted by Crippen LogP contribution is -2.61. The second-order valence-electron chi connectivity index (χ2n) is 27.6. The van der Waals surface area contributed by atoms with Gasteiger partial charge in [-0.05, 0) is 101 Å². The van der Waals surface area contributed by atoms with Crippen LogP contribution < -0.4 is 26.0 Å². The van der Waals surface area contributed by atoms with Crippen molar-refractivity contribution in [2.75, 3.05) is 39.4 Å². The predicted octanol–water partition coefficient (Wildman–Crippen LogP) is 10.2. The maximum absolute atomic E-state index is 15.2. The van der Waals surface area contributed by atoms with Crippen molar-refractivity contribution in [3.05, 3.63) is 141 Å². The molecule has 5 heterocycles. The molecule has 7 atom stereocenters. The number of carbonyl (C=O) groups excluding carboxylic acids is 7. The SMILES string of the molecule is Cc1ncsc1-c1ccc([C@H](C)NC(=O)[C@@H]2C[C@@H](O)CN2C(=O)[C@@H](NC(=O)CCCCCCCCCNC(=O)COc2ccc3c(c2)CN(C(=O)[C@@H](NC(=O)c2cc4cc(C(F)(F)P(=O)(O)O)ccc4s2)C(C)(C)C)[C@H](C(=O)N2CCO[C@H](c4ccccc4)C2)C3)C(C)(C)C)cc1. The minimum absolute atomic E-state index is 0.0209. The molecule has 0 unspecified atom stereocenters. The van der Waals surface area contributed by atoms with Gasteiger partial charge in [-0.2, -0.15) is 8.78 Å². The number of amides is 7. The maximum Gasteiger partial charge on any atom is 0.399 e. The molecule has 21 nitrogen and oxygen atoms in total. The molecule has 6 aromatic rings. The normalized spacial score (nSPS) is 18.6. The smallest absolute Gasteiger partial charge is 0.399 e. The number of alkyl halides is 2. The Hall–Kier alpha value is -7.51. The number of ether oxygens (including phenoxy) is 2. The second kappa shape index (κ2) is 31.6. The van der Waals surface area contributed by atoms with Gasteiger partial charge in [0.25, 0.3) is 11.8 Å². The number of β-amino-alcohol motifs (C(OH)–C–C–N with tert-alkyl or cyclic N) is 1. The third-order valence-electron chi connectivity index (χ3n) is 18.1. The molecule has 3 aliphatic rings. The monoisotopic (exact) mass is 1390 g/mol. The molecule has 97 heavy (non-hydrogen) atoms. The van der Waals surface area contributed by atoms with Crippen LogP contribution in [0, 0.1) is 17.8 Å². The molecular weight excluding hydrogens is 1310 g/mol. The Kier molecular flexibility index (Phi) is 24.0. The first kappa shape index (κ1) is 73.7. The van der Waals surface area contributed by atoms with Gasteiger partial charge < -0.3 is 60.3 Å². The molecule has 0 aliphatic carbocycles. The van der Waals surface area contributed by atoms with Gasteiger partial charge in [0, 0.05) is 55.7 Å². The van der Waals surface area contributed by atoms with E-state index in [0.717, 1.165) is 94.8 Å². The molecule has 0 radical (unpaired) electrons. The molecule has 9 rings (SSSR count). The van der Waals surface area contributed by atoms with Gasteiger partial charge in [-0.15, -0.1) is 22.7 Å². The van der Waals surface area contributed by atoms with Gasteiger partial charge in [0.05, 0.1) is 46.3 Å². The van der Waals surface area contributed by atoms with E-state index in [-0.39, 0.29) is 98.6 Å².